The van der Waals surface area contributed by atoms with Crippen molar-refractivity contribution in [1.29, 1.82) is 0 Å². The Labute approximate surface area is 164 Å². The second-order valence-corrected chi connectivity index (χ2v) is 11.6. The lowest BCUT2D eigenvalue weighted by atomic mass is 10.0. The number of ether oxygens (including phenoxy) is 1. The highest BCUT2D eigenvalue weighted by Crippen LogP contribution is 2.41. The van der Waals surface area contributed by atoms with Crippen molar-refractivity contribution in [2.75, 3.05) is 39.5 Å². The summed E-state index contributed by atoms with van der Waals surface area (Å²) in [6.45, 7) is 9.33. The summed E-state index contributed by atoms with van der Waals surface area (Å²) in [4.78, 5) is 16.6. The third-order valence-electron chi connectivity index (χ3n) is 6.42. The quantitative estimate of drug-likeness (QED) is 0.723. The van der Waals surface area contributed by atoms with Gasteiger partial charge in [0.05, 0.1) is 6.26 Å². The lowest BCUT2D eigenvalue weighted by Crippen LogP contribution is -2.47. The number of rotatable bonds is 3. The fraction of sp³-hybridized carbons (Fsp3) is 0.947. The molecule has 2 heterocycles. The molecule has 0 radical (unpaired) electrons. The van der Waals surface area contributed by atoms with Gasteiger partial charge in [0.15, 0.2) is 0 Å². The Hall–Kier alpha value is -0.860. The number of nitrogens with zero attached hydrogens (tertiary/aromatic N) is 3. The number of likely N-dealkylation sites (tertiary alicyclic amines) is 2. The highest BCUT2D eigenvalue weighted by atomic mass is 32.2. The smallest absolute Gasteiger partial charge is 0.410 e. The van der Waals surface area contributed by atoms with Crippen molar-refractivity contribution in [2.45, 2.75) is 64.1 Å². The van der Waals surface area contributed by atoms with Crippen molar-refractivity contribution in [3.05, 3.63) is 0 Å². The van der Waals surface area contributed by atoms with E-state index in [-0.39, 0.29) is 12.1 Å². The summed E-state index contributed by atoms with van der Waals surface area (Å²) in [6, 6.07) is 0.687. The van der Waals surface area contributed by atoms with Crippen LogP contribution in [-0.4, -0.2) is 85.8 Å². The van der Waals surface area contributed by atoms with Crippen LogP contribution in [0, 0.1) is 11.8 Å². The Morgan fingerprint density at radius 2 is 1.59 bits per heavy atom. The van der Waals surface area contributed by atoms with Crippen LogP contribution in [0.4, 0.5) is 4.79 Å². The van der Waals surface area contributed by atoms with E-state index in [0.29, 0.717) is 17.9 Å². The third-order valence-corrected chi connectivity index (χ3v) is 7.77. The van der Waals surface area contributed by atoms with Gasteiger partial charge in [-0.05, 0) is 58.3 Å². The van der Waals surface area contributed by atoms with Gasteiger partial charge in [-0.25, -0.2) is 17.5 Å². The summed E-state index contributed by atoms with van der Waals surface area (Å²) in [5, 5.41) is 0. The summed E-state index contributed by atoms with van der Waals surface area (Å²) < 4.78 is 30.6. The van der Waals surface area contributed by atoms with Crippen LogP contribution in [0.15, 0.2) is 0 Å². The van der Waals surface area contributed by atoms with Crippen LogP contribution in [0.3, 0.4) is 0 Å². The highest BCUT2D eigenvalue weighted by molar-refractivity contribution is 7.88. The number of sulfonamides is 1. The standard InChI is InChI=1S/C19H35N3O4S/c1-19(2,3)26-18(23)21-8-6-16(7-9-21)22-12-14-10-17(11-15(14)13-22)20(4)27(5,24)25/h14-17H,6-13H2,1-5H3/t14-,15+,17?. The molecule has 0 aromatic carbocycles. The van der Waals surface area contributed by atoms with Gasteiger partial charge in [-0.15, -0.1) is 0 Å². The first-order chi connectivity index (χ1) is 12.4. The van der Waals surface area contributed by atoms with E-state index >= 15 is 0 Å². The monoisotopic (exact) mass is 401 g/mol. The van der Waals surface area contributed by atoms with Crippen LogP contribution >= 0.6 is 0 Å². The molecule has 2 aliphatic heterocycles. The van der Waals surface area contributed by atoms with Gasteiger partial charge in [0, 0.05) is 45.3 Å². The maximum Gasteiger partial charge on any atom is 0.410 e. The number of piperidine rings is 1. The first kappa shape index (κ1) is 20.9. The Morgan fingerprint density at radius 3 is 2.04 bits per heavy atom. The average molecular weight is 402 g/mol. The Balaban J connectivity index is 1.47. The second-order valence-electron chi connectivity index (χ2n) is 9.58. The Bertz CT molecular complexity index is 638. The molecule has 0 aromatic heterocycles. The third kappa shape index (κ3) is 4.95. The van der Waals surface area contributed by atoms with E-state index in [9.17, 15) is 13.2 Å². The van der Waals surface area contributed by atoms with E-state index in [0.717, 1.165) is 51.9 Å². The number of hydrogen-bond acceptors (Lipinski definition) is 5. The van der Waals surface area contributed by atoms with E-state index in [1.807, 2.05) is 25.7 Å². The van der Waals surface area contributed by atoms with Crippen LogP contribution in [0.1, 0.15) is 46.5 Å². The summed E-state index contributed by atoms with van der Waals surface area (Å²) in [5.74, 6) is 1.20. The molecular weight excluding hydrogens is 366 g/mol. The maximum atomic E-state index is 12.2. The molecule has 3 fully saturated rings. The molecule has 0 aromatic rings. The topological polar surface area (TPSA) is 70.2 Å². The highest BCUT2D eigenvalue weighted by Gasteiger charge is 2.45. The lowest BCUT2D eigenvalue weighted by Gasteiger charge is -2.37. The average Bonchev–Trinajstić information content (AvgIpc) is 3.10. The van der Waals surface area contributed by atoms with E-state index in [4.69, 9.17) is 4.74 Å². The van der Waals surface area contributed by atoms with Crippen LogP contribution in [-0.2, 0) is 14.8 Å². The predicted octanol–water partition coefficient (Wildman–Crippen LogP) is 1.99. The molecule has 0 spiro atoms. The molecule has 3 aliphatic rings. The number of hydrogen-bond donors (Lipinski definition) is 0. The predicted molar refractivity (Wildman–Crippen MR) is 105 cm³/mol. The van der Waals surface area contributed by atoms with E-state index < -0.39 is 15.6 Å². The van der Waals surface area contributed by atoms with Gasteiger partial charge in [-0.1, -0.05) is 0 Å². The summed E-state index contributed by atoms with van der Waals surface area (Å²) in [5.41, 5.74) is -0.448. The first-order valence-corrected chi connectivity index (χ1v) is 11.9. The molecule has 0 bridgehead atoms. The molecule has 7 nitrogen and oxygen atoms in total. The minimum atomic E-state index is -3.11. The molecule has 27 heavy (non-hydrogen) atoms. The zero-order valence-electron chi connectivity index (χ0n) is 17.3. The number of carbonyl (C=O) groups excluding carboxylic acids is 1. The zero-order valence-corrected chi connectivity index (χ0v) is 18.2. The van der Waals surface area contributed by atoms with Crippen molar-refractivity contribution in [3.63, 3.8) is 0 Å². The van der Waals surface area contributed by atoms with Crippen LogP contribution in [0.2, 0.25) is 0 Å². The maximum absolute atomic E-state index is 12.2. The Morgan fingerprint density at radius 1 is 1.07 bits per heavy atom. The fourth-order valence-corrected chi connectivity index (χ4v) is 5.62. The van der Waals surface area contributed by atoms with Gasteiger partial charge in [-0.2, -0.15) is 0 Å². The van der Waals surface area contributed by atoms with E-state index in [1.165, 1.54) is 6.26 Å². The molecule has 2 saturated heterocycles. The molecule has 1 amide bonds. The summed E-state index contributed by atoms with van der Waals surface area (Å²) >= 11 is 0. The first-order valence-electron chi connectivity index (χ1n) is 10.1. The minimum Gasteiger partial charge on any atom is -0.444 e. The zero-order chi connectivity index (χ0) is 20.0. The summed E-state index contributed by atoms with van der Waals surface area (Å²) in [6.07, 6.45) is 5.02. The molecular formula is C19H35N3O4S. The number of carbonyl (C=O) groups is 1. The van der Waals surface area contributed by atoms with Gasteiger partial charge in [-0.3, -0.25) is 4.90 Å². The molecule has 3 atom stereocenters. The van der Waals surface area contributed by atoms with Crippen molar-refractivity contribution in [3.8, 4) is 0 Å². The summed E-state index contributed by atoms with van der Waals surface area (Å²) in [7, 11) is -1.39. The fourth-order valence-electron chi connectivity index (χ4n) is 4.91. The molecule has 156 valence electrons. The van der Waals surface area contributed by atoms with Crippen molar-refractivity contribution in [2.24, 2.45) is 11.8 Å². The van der Waals surface area contributed by atoms with Crippen molar-refractivity contribution in [1.82, 2.24) is 14.1 Å². The Kier molecular flexibility index (Phi) is 5.81. The normalized spacial score (nSPS) is 30.7. The van der Waals surface area contributed by atoms with E-state index in [1.54, 1.807) is 11.4 Å². The SMILES string of the molecule is CN(C1C[C@@H]2CN(C3CCN(C(=O)OC(C)(C)C)CC3)C[C@@H]2C1)S(C)(=O)=O. The lowest BCUT2D eigenvalue weighted by molar-refractivity contribution is 0.0151. The van der Waals surface area contributed by atoms with Gasteiger partial charge < -0.3 is 9.64 Å². The van der Waals surface area contributed by atoms with E-state index in [2.05, 4.69) is 4.90 Å². The van der Waals surface area contributed by atoms with Gasteiger partial charge in [0.2, 0.25) is 10.0 Å². The molecule has 1 saturated carbocycles. The number of fused-ring (bicyclic) bond motifs is 1. The van der Waals surface area contributed by atoms with Crippen molar-refractivity contribution >= 4 is 16.1 Å². The number of amides is 1. The second kappa shape index (κ2) is 7.52. The minimum absolute atomic E-state index is 0.158. The van der Waals surface area contributed by atoms with Crippen LogP contribution in [0.5, 0.6) is 0 Å². The molecule has 3 rings (SSSR count). The van der Waals surface area contributed by atoms with Gasteiger partial charge >= 0.3 is 6.09 Å². The molecule has 1 unspecified atom stereocenters. The van der Waals surface area contributed by atoms with Crippen LogP contribution in [0.25, 0.3) is 0 Å². The molecule has 0 N–H and O–H groups in total. The van der Waals surface area contributed by atoms with Gasteiger partial charge in [0.25, 0.3) is 0 Å². The van der Waals surface area contributed by atoms with Gasteiger partial charge in [0.1, 0.15) is 5.60 Å². The van der Waals surface area contributed by atoms with Crippen LogP contribution < -0.4 is 0 Å². The van der Waals surface area contributed by atoms with Crippen molar-refractivity contribution < 1.29 is 17.9 Å². The molecule has 1 aliphatic carbocycles. The largest absolute Gasteiger partial charge is 0.444 e. The molecule has 8 heteroatoms.